The number of carbonyl (C=O) groups excluding carboxylic acids is 1. The van der Waals surface area contributed by atoms with Crippen LogP contribution in [0.15, 0.2) is 0 Å². The lowest BCUT2D eigenvalue weighted by molar-refractivity contribution is -0.152. The zero-order valence-electron chi connectivity index (χ0n) is 12.1. The van der Waals surface area contributed by atoms with Crippen molar-refractivity contribution in [3.63, 3.8) is 0 Å². The molecule has 106 valence electrons. The van der Waals surface area contributed by atoms with E-state index in [2.05, 4.69) is 19.9 Å². The third kappa shape index (κ3) is 2.90. The Balaban J connectivity index is 2.13. The molecule has 0 aromatic rings. The van der Waals surface area contributed by atoms with E-state index in [4.69, 9.17) is 10.00 Å². The maximum absolute atomic E-state index is 12.6. The average molecular weight is 265 g/mol. The van der Waals surface area contributed by atoms with Gasteiger partial charge in [0.05, 0.1) is 24.1 Å². The van der Waals surface area contributed by atoms with Crippen LogP contribution in [0.2, 0.25) is 0 Å². The van der Waals surface area contributed by atoms with E-state index in [1.165, 1.54) is 0 Å². The molecule has 0 bridgehead atoms. The molecule has 19 heavy (non-hydrogen) atoms. The van der Waals surface area contributed by atoms with E-state index in [0.717, 1.165) is 26.0 Å². The summed E-state index contributed by atoms with van der Waals surface area (Å²) in [6.07, 6.45) is 2.52. The van der Waals surface area contributed by atoms with E-state index >= 15 is 0 Å². The van der Waals surface area contributed by atoms with E-state index in [1.54, 1.807) is 0 Å². The van der Waals surface area contributed by atoms with E-state index in [-0.39, 0.29) is 30.0 Å². The number of carbonyl (C=O) groups is 1. The van der Waals surface area contributed by atoms with Crippen molar-refractivity contribution < 1.29 is 9.53 Å². The van der Waals surface area contributed by atoms with Gasteiger partial charge in [-0.05, 0) is 33.7 Å². The predicted molar refractivity (Wildman–Crippen MR) is 71.4 cm³/mol. The molecular formula is C14H23N3O2. The van der Waals surface area contributed by atoms with Crippen molar-refractivity contribution in [1.82, 2.24) is 9.80 Å². The number of hydrogen-bond acceptors (Lipinski definition) is 4. The van der Waals surface area contributed by atoms with Crippen molar-refractivity contribution in [2.75, 3.05) is 26.7 Å². The average Bonchev–Trinajstić information content (AvgIpc) is 2.82. The maximum Gasteiger partial charge on any atom is 0.241 e. The molecule has 2 heterocycles. The summed E-state index contributed by atoms with van der Waals surface area (Å²) < 4.78 is 5.65. The van der Waals surface area contributed by atoms with Crippen molar-refractivity contribution in [2.45, 2.75) is 50.8 Å². The van der Waals surface area contributed by atoms with Gasteiger partial charge in [0, 0.05) is 19.7 Å². The highest BCUT2D eigenvalue weighted by Crippen LogP contribution is 2.27. The second-order valence-electron chi connectivity index (χ2n) is 6.19. The molecule has 5 heteroatoms. The van der Waals surface area contributed by atoms with Crippen LogP contribution in [0.3, 0.4) is 0 Å². The van der Waals surface area contributed by atoms with Crippen LogP contribution in [-0.2, 0) is 9.53 Å². The second kappa shape index (κ2) is 5.48. The van der Waals surface area contributed by atoms with Gasteiger partial charge in [0.1, 0.15) is 6.04 Å². The number of nitriles is 1. The van der Waals surface area contributed by atoms with Gasteiger partial charge in [-0.3, -0.25) is 9.69 Å². The molecule has 0 saturated carbocycles. The Kier molecular flexibility index (Phi) is 4.12. The Hall–Kier alpha value is -1.12. The molecule has 2 aliphatic rings. The molecular weight excluding hydrogens is 242 g/mol. The van der Waals surface area contributed by atoms with Crippen LogP contribution in [0.4, 0.5) is 0 Å². The minimum absolute atomic E-state index is 0.0656. The third-order valence-electron chi connectivity index (χ3n) is 4.15. The van der Waals surface area contributed by atoms with Crippen molar-refractivity contribution >= 4 is 5.91 Å². The molecule has 2 atom stereocenters. The summed E-state index contributed by atoms with van der Waals surface area (Å²) in [5, 5.41) is 8.88. The van der Waals surface area contributed by atoms with Crippen LogP contribution >= 0.6 is 0 Å². The summed E-state index contributed by atoms with van der Waals surface area (Å²) in [6, 6.07) is 1.81. The number of piperazine rings is 1. The van der Waals surface area contributed by atoms with E-state index in [0.29, 0.717) is 6.54 Å². The fraction of sp³-hybridized carbons (Fsp3) is 0.857. The van der Waals surface area contributed by atoms with E-state index in [1.807, 2.05) is 16.8 Å². The summed E-state index contributed by atoms with van der Waals surface area (Å²) in [7, 11) is 1.92. The van der Waals surface area contributed by atoms with Crippen LogP contribution < -0.4 is 0 Å². The van der Waals surface area contributed by atoms with Crippen molar-refractivity contribution in [2.24, 2.45) is 0 Å². The van der Waals surface area contributed by atoms with Gasteiger partial charge in [-0.15, -0.1) is 0 Å². The molecule has 1 amide bonds. The minimum atomic E-state index is -0.306. The highest BCUT2D eigenvalue weighted by atomic mass is 16.5. The number of nitrogens with zero attached hydrogens (tertiary/aromatic N) is 3. The predicted octanol–water partition coefficient (Wildman–Crippen LogP) is 1.00. The van der Waals surface area contributed by atoms with Gasteiger partial charge in [0.15, 0.2) is 0 Å². The normalized spacial score (nSPS) is 31.5. The van der Waals surface area contributed by atoms with Crippen molar-refractivity contribution in [3.8, 4) is 6.07 Å². The van der Waals surface area contributed by atoms with Gasteiger partial charge in [-0.2, -0.15) is 5.26 Å². The Morgan fingerprint density at radius 3 is 2.84 bits per heavy atom. The van der Waals surface area contributed by atoms with Crippen LogP contribution in [0.5, 0.6) is 0 Å². The van der Waals surface area contributed by atoms with Crippen molar-refractivity contribution in [3.05, 3.63) is 0 Å². The molecule has 5 nitrogen and oxygen atoms in total. The fourth-order valence-electron chi connectivity index (χ4n) is 3.13. The number of ether oxygens (including phenoxy) is 1. The SMILES string of the molecule is CN1CC(C)(C)N(CC2CCCO2)C(=O)C1CC#N. The first-order valence-electron chi connectivity index (χ1n) is 6.96. The summed E-state index contributed by atoms with van der Waals surface area (Å²) in [5.74, 6) is 0.0656. The number of amides is 1. The van der Waals surface area contributed by atoms with Crippen LogP contribution in [0, 0.1) is 11.3 Å². The monoisotopic (exact) mass is 265 g/mol. The molecule has 0 N–H and O–H groups in total. The zero-order valence-corrected chi connectivity index (χ0v) is 12.1. The topological polar surface area (TPSA) is 56.6 Å². The first kappa shape index (κ1) is 14.3. The van der Waals surface area contributed by atoms with Crippen LogP contribution in [-0.4, -0.2) is 60.1 Å². The van der Waals surface area contributed by atoms with Crippen molar-refractivity contribution in [1.29, 1.82) is 5.26 Å². The Morgan fingerprint density at radius 1 is 1.53 bits per heavy atom. The summed E-state index contributed by atoms with van der Waals surface area (Å²) in [6.45, 7) is 6.41. The maximum atomic E-state index is 12.6. The first-order chi connectivity index (χ1) is 8.95. The standard InChI is InChI=1S/C14H23N3O2/c1-14(2)10-16(3)12(6-7-15)13(18)17(14)9-11-5-4-8-19-11/h11-12H,4-6,8-10H2,1-3H3. The third-order valence-corrected chi connectivity index (χ3v) is 4.15. The van der Waals surface area contributed by atoms with Crippen LogP contribution in [0.25, 0.3) is 0 Å². The molecule has 2 saturated heterocycles. The Labute approximate surface area is 115 Å². The highest BCUT2D eigenvalue weighted by molar-refractivity contribution is 5.84. The Bertz CT molecular complexity index is 383. The van der Waals surface area contributed by atoms with Gasteiger partial charge in [0.25, 0.3) is 0 Å². The molecule has 0 spiro atoms. The summed E-state index contributed by atoms with van der Waals surface area (Å²) >= 11 is 0. The quantitative estimate of drug-likeness (QED) is 0.764. The van der Waals surface area contributed by atoms with E-state index < -0.39 is 0 Å². The number of likely N-dealkylation sites (N-methyl/N-ethyl adjacent to an activating group) is 1. The lowest BCUT2D eigenvalue weighted by atomic mass is 9.93. The molecule has 2 unspecified atom stereocenters. The molecule has 0 radical (unpaired) electrons. The first-order valence-corrected chi connectivity index (χ1v) is 6.96. The van der Waals surface area contributed by atoms with Gasteiger partial charge >= 0.3 is 0 Å². The van der Waals surface area contributed by atoms with Gasteiger partial charge < -0.3 is 9.64 Å². The highest BCUT2D eigenvalue weighted by Gasteiger charge is 2.44. The summed E-state index contributed by atoms with van der Waals surface area (Å²) in [4.78, 5) is 16.5. The molecule has 0 aromatic heterocycles. The number of rotatable bonds is 3. The zero-order chi connectivity index (χ0) is 14.0. The lowest BCUT2D eigenvalue weighted by Crippen LogP contribution is -2.66. The Morgan fingerprint density at radius 2 is 2.26 bits per heavy atom. The summed E-state index contributed by atoms with van der Waals surface area (Å²) in [5.41, 5.74) is -0.205. The lowest BCUT2D eigenvalue weighted by Gasteiger charge is -2.49. The van der Waals surface area contributed by atoms with Gasteiger partial charge in [0.2, 0.25) is 5.91 Å². The largest absolute Gasteiger partial charge is 0.376 e. The van der Waals surface area contributed by atoms with E-state index in [9.17, 15) is 4.79 Å². The molecule has 0 aliphatic carbocycles. The number of hydrogen-bond donors (Lipinski definition) is 0. The molecule has 2 aliphatic heterocycles. The fourth-order valence-corrected chi connectivity index (χ4v) is 3.13. The molecule has 2 fully saturated rings. The molecule has 2 rings (SSSR count). The smallest absolute Gasteiger partial charge is 0.241 e. The molecule has 0 aromatic carbocycles. The van der Waals surface area contributed by atoms with Gasteiger partial charge in [-0.1, -0.05) is 0 Å². The van der Waals surface area contributed by atoms with Gasteiger partial charge in [-0.25, -0.2) is 0 Å². The minimum Gasteiger partial charge on any atom is -0.376 e. The van der Waals surface area contributed by atoms with Crippen LogP contribution in [0.1, 0.15) is 33.1 Å². The second-order valence-corrected chi connectivity index (χ2v) is 6.19.